The minimum absolute atomic E-state index is 0.140. The van der Waals surface area contributed by atoms with Crippen LogP contribution in [0.4, 0.5) is 15.8 Å². The first kappa shape index (κ1) is 26.3. The lowest BCUT2D eigenvalue weighted by atomic mass is 10.1. The van der Waals surface area contributed by atoms with Gasteiger partial charge in [-0.15, -0.1) is 0 Å². The van der Waals surface area contributed by atoms with Crippen molar-refractivity contribution in [1.29, 1.82) is 0 Å². The largest absolute Gasteiger partial charge is 0.339 e. The van der Waals surface area contributed by atoms with Crippen LogP contribution in [0.2, 0.25) is 0 Å². The molecule has 4 rings (SSSR count). The number of rotatable bonds is 7. The first-order chi connectivity index (χ1) is 17.8. The Kier molecular flexibility index (Phi) is 8.23. The molecular weight excluding hydrogens is 493 g/mol. The molecule has 1 aliphatic rings. The molecule has 1 saturated heterocycles. The van der Waals surface area contributed by atoms with E-state index < -0.39 is 28.3 Å². The van der Waals surface area contributed by atoms with Gasteiger partial charge in [0.15, 0.2) is 0 Å². The van der Waals surface area contributed by atoms with E-state index >= 15 is 0 Å². The van der Waals surface area contributed by atoms with E-state index in [4.69, 9.17) is 0 Å². The first-order valence-electron chi connectivity index (χ1n) is 12.3. The van der Waals surface area contributed by atoms with Crippen LogP contribution < -0.4 is 9.62 Å². The van der Waals surface area contributed by atoms with Crippen molar-refractivity contribution in [2.75, 3.05) is 29.3 Å². The third-order valence-corrected chi connectivity index (χ3v) is 8.12. The van der Waals surface area contributed by atoms with Crippen molar-refractivity contribution in [2.24, 2.45) is 0 Å². The predicted octanol–water partition coefficient (Wildman–Crippen LogP) is 4.98. The minimum atomic E-state index is -4.19. The highest BCUT2D eigenvalue weighted by molar-refractivity contribution is 7.92. The molecule has 0 aromatic heterocycles. The number of carbonyl (C=O) groups is 2. The smallest absolute Gasteiger partial charge is 0.264 e. The number of carbonyl (C=O) groups excluding carboxylic acids is 2. The molecule has 2 amide bonds. The second kappa shape index (κ2) is 11.6. The van der Waals surface area contributed by atoms with E-state index in [0.29, 0.717) is 30.0 Å². The van der Waals surface area contributed by atoms with Crippen molar-refractivity contribution in [3.63, 3.8) is 0 Å². The van der Waals surface area contributed by atoms with Gasteiger partial charge in [0, 0.05) is 13.1 Å². The highest BCUT2D eigenvalue weighted by Gasteiger charge is 2.28. The zero-order chi connectivity index (χ0) is 26.4. The van der Waals surface area contributed by atoms with E-state index in [0.717, 1.165) is 47.7 Å². The zero-order valence-electron chi connectivity index (χ0n) is 20.7. The van der Waals surface area contributed by atoms with E-state index in [1.807, 2.05) is 6.92 Å². The van der Waals surface area contributed by atoms with Crippen LogP contribution in [0.3, 0.4) is 0 Å². The number of benzene rings is 3. The Morgan fingerprint density at radius 1 is 0.892 bits per heavy atom. The minimum Gasteiger partial charge on any atom is -0.339 e. The molecule has 1 N–H and O–H groups in total. The highest BCUT2D eigenvalue weighted by Crippen LogP contribution is 2.25. The van der Waals surface area contributed by atoms with Gasteiger partial charge >= 0.3 is 0 Å². The predicted molar refractivity (Wildman–Crippen MR) is 142 cm³/mol. The van der Waals surface area contributed by atoms with Crippen molar-refractivity contribution < 1.29 is 22.4 Å². The van der Waals surface area contributed by atoms with Crippen LogP contribution in [0.1, 0.15) is 41.6 Å². The quantitative estimate of drug-likeness (QED) is 0.473. The molecule has 37 heavy (non-hydrogen) atoms. The van der Waals surface area contributed by atoms with Gasteiger partial charge in [-0.2, -0.15) is 0 Å². The number of hydrogen-bond donors (Lipinski definition) is 1. The number of nitrogens with zero attached hydrogens (tertiary/aromatic N) is 2. The number of para-hydroxylation sites is 1. The summed E-state index contributed by atoms with van der Waals surface area (Å²) in [6.45, 7) is 2.67. The van der Waals surface area contributed by atoms with E-state index in [-0.39, 0.29) is 10.8 Å². The molecule has 0 radical (unpaired) electrons. The van der Waals surface area contributed by atoms with Crippen molar-refractivity contribution in [3.05, 3.63) is 89.7 Å². The summed E-state index contributed by atoms with van der Waals surface area (Å²) in [5, 5.41) is 2.74. The Hall–Kier alpha value is -3.72. The lowest BCUT2D eigenvalue weighted by Gasteiger charge is -2.25. The lowest BCUT2D eigenvalue weighted by molar-refractivity contribution is -0.114. The summed E-state index contributed by atoms with van der Waals surface area (Å²) in [6.07, 6.45) is 4.04. The topological polar surface area (TPSA) is 86.8 Å². The second-order valence-corrected chi connectivity index (χ2v) is 11.0. The van der Waals surface area contributed by atoms with Gasteiger partial charge in [0.25, 0.3) is 15.9 Å². The third-order valence-electron chi connectivity index (χ3n) is 6.34. The van der Waals surface area contributed by atoms with Gasteiger partial charge in [0.05, 0.1) is 21.8 Å². The van der Waals surface area contributed by atoms with Crippen molar-refractivity contribution in [2.45, 2.75) is 37.5 Å². The van der Waals surface area contributed by atoms with Crippen LogP contribution in [-0.2, 0) is 14.8 Å². The Balaban J connectivity index is 1.60. The second-order valence-electron chi connectivity index (χ2n) is 9.10. The summed E-state index contributed by atoms with van der Waals surface area (Å²) in [5.74, 6) is -1.33. The summed E-state index contributed by atoms with van der Waals surface area (Å²) in [5.41, 5.74) is 1.90. The van der Waals surface area contributed by atoms with Gasteiger partial charge < -0.3 is 10.2 Å². The number of likely N-dealkylation sites (tertiary alicyclic amines) is 1. The molecular formula is C28H30FN3O4S. The van der Waals surface area contributed by atoms with Gasteiger partial charge in [0.1, 0.15) is 12.4 Å². The number of hydrogen-bond acceptors (Lipinski definition) is 4. The molecule has 9 heteroatoms. The van der Waals surface area contributed by atoms with Crippen LogP contribution in [0.25, 0.3) is 0 Å². The third kappa shape index (κ3) is 6.35. The normalized spacial score (nSPS) is 14.1. The van der Waals surface area contributed by atoms with Gasteiger partial charge in [-0.1, -0.05) is 42.7 Å². The number of amides is 2. The fraction of sp³-hybridized carbons (Fsp3) is 0.286. The Morgan fingerprint density at radius 2 is 1.51 bits per heavy atom. The maximum atomic E-state index is 13.5. The summed E-state index contributed by atoms with van der Waals surface area (Å²) in [4.78, 5) is 28.1. The molecule has 0 bridgehead atoms. The summed E-state index contributed by atoms with van der Waals surface area (Å²) in [6, 6.07) is 17.9. The van der Waals surface area contributed by atoms with Crippen molar-refractivity contribution in [3.8, 4) is 0 Å². The van der Waals surface area contributed by atoms with Crippen LogP contribution in [0, 0.1) is 12.7 Å². The molecule has 1 fully saturated rings. The fourth-order valence-electron chi connectivity index (χ4n) is 4.30. The van der Waals surface area contributed by atoms with E-state index in [2.05, 4.69) is 5.32 Å². The Labute approximate surface area is 217 Å². The monoisotopic (exact) mass is 523 g/mol. The van der Waals surface area contributed by atoms with E-state index in [9.17, 15) is 22.4 Å². The molecule has 3 aromatic carbocycles. The van der Waals surface area contributed by atoms with Crippen LogP contribution in [0.15, 0.2) is 77.7 Å². The molecule has 7 nitrogen and oxygen atoms in total. The van der Waals surface area contributed by atoms with Crippen LogP contribution >= 0.6 is 0 Å². The SMILES string of the molecule is Cc1ccc(N(CC(=O)Nc2ccccc2C(=O)N2CCCCCC2)S(=O)(=O)c2ccc(F)cc2)cc1. The number of halogens is 1. The average molecular weight is 524 g/mol. The van der Waals surface area contributed by atoms with Crippen LogP contribution in [-0.4, -0.2) is 44.8 Å². The maximum Gasteiger partial charge on any atom is 0.264 e. The molecule has 0 saturated carbocycles. The molecule has 0 atom stereocenters. The number of anilines is 2. The van der Waals surface area contributed by atoms with Crippen molar-refractivity contribution in [1.82, 2.24) is 4.90 Å². The summed E-state index contributed by atoms with van der Waals surface area (Å²) < 4.78 is 41.4. The Bertz CT molecular complexity index is 1350. The highest BCUT2D eigenvalue weighted by atomic mass is 32.2. The van der Waals surface area contributed by atoms with Gasteiger partial charge in [0.2, 0.25) is 5.91 Å². The van der Waals surface area contributed by atoms with E-state index in [1.165, 1.54) is 12.1 Å². The average Bonchev–Trinajstić information content (AvgIpc) is 3.18. The van der Waals surface area contributed by atoms with Gasteiger partial charge in [-0.3, -0.25) is 13.9 Å². The Morgan fingerprint density at radius 3 is 2.16 bits per heavy atom. The first-order valence-corrected chi connectivity index (χ1v) is 13.7. The zero-order valence-corrected chi connectivity index (χ0v) is 21.5. The molecule has 194 valence electrons. The van der Waals surface area contributed by atoms with Crippen molar-refractivity contribution >= 4 is 33.2 Å². The lowest BCUT2D eigenvalue weighted by Crippen LogP contribution is -2.38. The van der Waals surface area contributed by atoms with Gasteiger partial charge in [-0.25, -0.2) is 12.8 Å². The molecule has 1 heterocycles. The standard InChI is InChI=1S/C28H30FN3O4S/c1-21-10-14-23(15-11-21)32(37(35,36)24-16-12-22(29)13-17-24)20-27(33)30-26-9-5-4-8-25(26)28(34)31-18-6-2-3-7-19-31/h4-5,8-17H,2-3,6-7,18-20H2,1H3,(H,30,33). The fourth-order valence-corrected chi connectivity index (χ4v) is 5.72. The number of aryl methyl sites for hydroxylation is 1. The molecule has 0 aliphatic carbocycles. The molecule has 3 aromatic rings. The summed E-state index contributed by atoms with van der Waals surface area (Å²) in [7, 11) is -4.19. The summed E-state index contributed by atoms with van der Waals surface area (Å²) >= 11 is 0. The molecule has 1 aliphatic heterocycles. The van der Waals surface area contributed by atoms with E-state index in [1.54, 1.807) is 53.4 Å². The number of sulfonamides is 1. The number of nitrogens with one attached hydrogen (secondary N) is 1. The maximum absolute atomic E-state index is 13.5. The van der Waals surface area contributed by atoms with Crippen LogP contribution in [0.5, 0.6) is 0 Å². The molecule has 0 spiro atoms. The van der Waals surface area contributed by atoms with Gasteiger partial charge in [-0.05, 0) is 68.3 Å². The molecule has 0 unspecified atom stereocenters.